The first kappa shape index (κ1) is 17.7. The predicted molar refractivity (Wildman–Crippen MR) is 102 cm³/mol. The molecule has 0 spiro atoms. The lowest BCUT2D eigenvalue weighted by Gasteiger charge is -2.15. The van der Waals surface area contributed by atoms with Crippen molar-refractivity contribution in [2.45, 2.75) is 12.3 Å². The topological polar surface area (TPSA) is 86.9 Å². The smallest absolute Gasteiger partial charge is 0.249 e. The second-order valence-electron chi connectivity index (χ2n) is 5.82. The van der Waals surface area contributed by atoms with E-state index in [9.17, 15) is 4.79 Å². The molecule has 0 aliphatic carbocycles. The molecule has 0 bridgehead atoms. The van der Waals surface area contributed by atoms with Gasteiger partial charge >= 0.3 is 0 Å². The van der Waals surface area contributed by atoms with E-state index in [-0.39, 0.29) is 5.92 Å². The number of aryl methyl sites for hydroxylation is 1. The van der Waals surface area contributed by atoms with Crippen LogP contribution < -0.4 is 11.5 Å². The third-order valence-corrected chi connectivity index (χ3v) is 5.87. The van der Waals surface area contributed by atoms with Crippen molar-refractivity contribution >= 4 is 28.8 Å². The van der Waals surface area contributed by atoms with Gasteiger partial charge in [-0.25, -0.2) is 0 Å². The summed E-state index contributed by atoms with van der Waals surface area (Å²) in [5, 5.41) is 4.89. The van der Waals surface area contributed by atoms with Gasteiger partial charge in [-0.1, -0.05) is 29.8 Å². The summed E-state index contributed by atoms with van der Waals surface area (Å²) in [5.74, 6) is -0.480. The van der Waals surface area contributed by atoms with Crippen molar-refractivity contribution in [1.82, 2.24) is 9.78 Å². The van der Waals surface area contributed by atoms with Crippen LogP contribution in [0.25, 0.3) is 10.6 Å². The van der Waals surface area contributed by atoms with E-state index >= 15 is 0 Å². The Bertz CT molecular complexity index is 902. The minimum absolute atomic E-state index is 0.0330. The Morgan fingerprint density at radius 1 is 1.36 bits per heavy atom. The van der Waals surface area contributed by atoms with Crippen molar-refractivity contribution in [2.75, 3.05) is 6.54 Å². The van der Waals surface area contributed by atoms with Gasteiger partial charge in [-0.15, -0.1) is 11.3 Å². The molecule has 1 atom stereocenters. The van der Waals surface area contributed by atoms with E-state index in [1.54, 1.807) is 10.9 Å². The van der Waals surface area contributed by atoms with Crippen molar-refractivity contribution in [3.8, 4) is 10.6 Å². The molecule has 1 aromatic carbocycles. The van der Waals surface area contributed by atoms with Gasteiger partial charge in [-0.05, 0) is 30.2 Å². The van der Waals surface area contributed by atoms with Crippen molar-refractivity contribution in [2.24, 2.45) is 18.5 Å². The van der Waals surface area contributed by atoms with Crippen LogP contribution in [0.3, 0.4) is 0 Å². The Labute approximate surface area is 155 Å². The monoisotopic (exact) mass is 374 g/mol. The molecule has 7 heteroatoms. The summed E-state index contributed by atoms with van der Waals surface area (Å²) in [5.41, 5.74) is 14.1. The highest BCUT2D eigenvalue weighted by Gasteiger charge is 2.23. The molecule has 0 aliphatic heterocycles. The van der Waals surface area contributed by atoms with Gasteiger partial charge in [0.1, 0.15) is 0 Å². The van der Waals surface area contributed by atoms with E-state index in [4.69, 9.17) is 23.1 Å². The summed E-state index contributed by atoms with van der Waals surface area (Å²) < 4.78 is 1.77. The number of nitrogens with two attached hydrogens (primary N) is 2. The number of carbonyl (C=O) groups excluding carboxylic acids is 1. The van der Waals surface area contributed by atoms with Crippen molar-refractivity contribution in [3.05, 3.63) is 63.6 Å². The van der Waals surface area contributed by atoms with Crippen LogP contribution in [0.5, 0.6) is 0 Å². The number of halogens is 1. The Balaban J connectivity index is 2.01. The standard InChI is InChI=1S/C18H19ClN4OS/c1-23-15(6-7-22-23)16-9-13(18(21)24)17(25-16)12(10-20)8-11-4-2-3-5-14(11)19/h2-7,9,12H,8,10,20H2,1H3,(H2,21,24)/t12-/m0/s1. The summed E-state index contributed by atoms with van der Waals surface area (Å²) in [6.07, 6.45) is 2.38. The molecule has 1 amide bonds. The van der Waals surface area contributed by atoms with Crippen molar-refractivity contribution < 1.29 is 4.79 Å². The third kappa shape index (κ3) is 3.61. The molecule has 4 N–H and O–H groups in total. The van der Waals surface area contributed by atoms with Gasteiger partial charge in [-0.3, -0.25) is 9.48 Å². The molecule has 25 heavy (non-hydrogen) atoms. The lowest BCUT2D eigenvalue weighted by Crippen LogP contribution is -2.19. The van der Waals surface area contributed by atoms with Gasteiger partial charge in [0.2, 0.25) is 5.91 Å². The molecule has 0 aliphatic rings. The highest BCUT2D eigenvalue weighted by atomic mass is 35.5. The largest absolute Gasteiger partial charge is 0.366 e. The number of carbonyl (C=O) groups is 1. The van der Waals surface area contributed by atoms with Crippen LogP contribution in [-0.4, -0.2) is 22.2 Å². The van der Waals surface area contributed by atoms with Gasteiger partial charge in [0, 0.05) is 35.6 Å². The van der Waals surface area contributed by atoms with Gasteiger partial charge in [0.15, 0.2) is 0 Å². The predicted octanol–water partition coefficient (Wildman–Crippen LogP) is 3.19. The minimum atomic E-state index is -0.447. The maximum atomic E-state index is 12.0. The van der Waals surface area contributed by atoms with Gasteiger partial charge in [0.05, 0.1) is 16.1 Å². The normalized spacial score (nSPS) is 12.3. The number of benzene rings is 1. The summed E-state index contributed by atoms with van der Waals surface area (Å²) in [6.45, 7) is 0.400. The Morgan fingerprint density at radius 2 is 2.12 bits per heavy atom. The Kier molecular flexibility index (Phi) is 5.22. The average Bonchev–Trinajstić information content (AvgIpc) is 3.20. The highest BCUT2D eigenvalue weighted by Crippen LogP contribution is 2.37. The Morgan fingerprint density at radius 3 is 2.72 bits per heavy atom. The maximum absolute atomic E-state index is 12.0. The summed E-state index contributed by atoms with van der Waals surface area (Å²) in [4.78, 5) is 13.8. The molecule has 3 rings (SSSR count). The zero-order chi connectivity index (χ0) is 18.0. The third-order valence-electron chi connectivity index (χ3n) is 4.18. The van der Waals surface area contributed by atoms with Crippen LogP contribution in [0.1, 0.15) is 26.7 Å². The summed E-state index contributed by atoms with van der Waals surface area (Å²) in [7, 11) is 1.86. The molecule has 0 saturated carbocycles. The van der Waals surface area contributed by atoms with Crippen LogP contribution in [0.2, 0.25) is 5.02 Å². The first-order chi connectivity index (χ1) is 12.0. The van der Waals surface area contributed by atoms with Crippen LogP contribution in [0.15, 0.2) is 42.6 Å². The molecule has 130 valence electrons. The zero-order valence-corrected chi connectivity index (χ0v) is 15.3. The lowest BCUT2D eigenvalue weighted by atomic mass is 9.95. The summed E-state index contributed by atoms with van der Waals surface area (Å²) in [6, 6.07) is 11.4. The molecule has 0 fully saturated rings. The van der Waals surface area contributed by atoms with E-state index in [0.29, 0.717) is 23.6 Å². The fourth-order valence-corrected chi connectivity index (χ4v) is 4.40. The number of thiophene rings is 1. The van der Waals surface area contributed by atoms with E-state index in [1.165, 1.54) is 11.3 Å². The Hall–Kier alpha value is -2.15. The molecule has 5 nitrogen and oxygen atoms in total. The van der Waals surface area contributed by atoms with Gasteiger partial charge in [-0.2, -0.15) is 5.10 Å². The van der Waals surface area contributed by atoms with E-state index < -0.39 is 5.91 Å². The molecular weight excluding hydrogens is 356 g/mol. The average molecular weight is 375 g/mol. The quantitative estimate of drug-likeness (QED) is 0.694. The van der Waals surface area contributed by atoms with Crippen LogP contribution in [-0.2, 0) is 13.5 Å². The number of nitrogens with zero attached hydrogens (tertiary/aromatic N) is 2. The highest BCUT2D eigenvalue weighted by molar-refractivity contribution is 7.16. The first-order valence-electron chi connectivity index (χ1n) is 7.86. The number of aromatic nitrogens is 2. The second-order valence-corrected chi connectivity index (χ2v) is 7.31. The van der Waals surface area contributed by atoms with E-state index in [0.717, 1.165) is 21.0 Å². The van der Waals surface area contributed by atoms with Gasteiger partial charge < -0.3 is 11.5 Å². The van der Waals surface area contributed by atoms with E-state index in [1.807, 2.05) is 43.4 Å². The first-order valence-corrected chi connectivity index (χ1v) is 9.06. The SMILES string of the molecule is Cn1nccc1-c1cc(C(N)=O)c([C@H](CN)Cc2ccccc2Cl)s1. The molecule has 0 unspecified atom stereocenters. The van der Waals surface area contributed by atoms with Gasteiger partial charge in [0.25, 0.3) is 0 Å². The number of hydrogen-bond acceptors (Lipinski definition) is 4. The molecule has 2 aromatic heterocycles. The zero-order valence-electron chi connectivity index (χ0n) is 13.8. The molecule has 0 saturated heterocycles. The molecule has 2 heterocycles. The fourth-order valence-electron chi connectivity index (χ4n) is 2.86. The molecular formula is C18H19ClN4OS. The molecule has 0 radical (unpaired) electrons. The van der Waals surface area contributed by atoms with Crippen LogP contribution >= 0.6 is 22.9 Å². The summed E-state index contributed by atoms with van der Waals surface area (Å²) >= 11 is 7.81. The number of primary amides is 1. The number of amides is 1. The van der Waals surface area contributed by atoms with Crippen LogP contribution in [0, 0.1) is 0 Å². The fraction of sp³-hybridized carbons (Fsp3) is 0.222. The maximum Gasteiger partial charge on any atom is 0.249 e. The number of rotatable bonds is 6. The van der Waals surface area contributed by atoms with Crippen LogP contribution in [0.4, 0.5) is 0 Å². The van der Waals surface area contributed by atoms with E-state index in [2.05, 4.69) is 5.10 Å². The lowest BCUT2D eigenvalue weighted by molar-refractivity contribution is 0.0999. The molecule has 3 aromatic rings. The van der Waals surface area contributed by atoms with Crippen molar-refractivity contribution in [1.29, 1.82) is 0 Å². The minimum Gasteiger partial charge on any atom is -0.366 e. The number of hydrogen-bond donors (Lipinski definition) is 2. The second kappa shape index (κ2) is 7.39. The van der Waals surface area contributed by atoms with Crippen molar-refractivity contribution in [3.63, 3.8) is 0 Å².